The molecular formula is C9H18O2S. The van der Waals surface area contributed by atoms with Crippen LogP contribution < -0.4 is 0 Å². The van der Waals surface area contributed by atoms with E-state index in [0.29, 0.717) is 6.10 Å². The predicted octanol–water partition coefficient (Wildman–Crippen LogP) is 1.89. The summed E-state index contributed by atoms with van der Waals surface area (Å²) in [4.78, 5) is 0. The van der Waals surface area contributed by atoms with Crippen molar-refractivity contribution in [2.75, 3.05) is 25.6 Å². The molecule has 1 aliphatic heterocycles. The molecule has 0 radical (unpaired) electrons. The van der Waals surface area contributed by atoms with Crippen LogP contribution in [0.3, 0.4) is 0 Å². The topological polar surface area (TPSA) is 18.5 Å². The Bertz CT molecular complexity index is 103. The summed E-state index contributed by atoms with van der Waals surface area (Å²) in [5, 5.41) is 0. The first-order valence-corrected chi connectivity index (χ1v) is 5.37. The van der Waals surface area contributed by atoms with Crippen LogP contribution in [0.25, 0.3) is 0 Å². The van der Waals surface area contributed by atoms with Crippen LogP contribution in [-0.2, 0) is 9.47 Å². The van der Waals surface area contributed by atoms with Gasteiger partial charge >= 0.3 is 0 Å². The second kappa shape index (κ2) is 6.75. The molecule has 12 heavy (non-hydrogen) atoms. The van der Waals surface area contributed by atoms with Gasteiger partial charge in [-0.3, -0.25) is 0 Å². The minimum Gasteiger partial charge on any atom is -0.379 e. The van der Waals surface area contributed by atoms with Crippen LogP contribution in [-0.4, -0.2) is 31.7 Å². The summed E-state index contributed by atoms with van der Waals surface area (Å²) in [7, 11) is 0. The van der Waals surface area contributed by atoms with Crippen LogP contribution in [0.15, 0.2) is 0 Å². The SMILES string of the molecule is SCCCCCOC1CCOC1. The van der Waals surface area contributed by atoms with Gasteiger partial charge < -0.3 is 9.47 Å². The van der Waals surface area contributed by atoms with Gasteiger partial charge in [0.15, 0.2) is 0 Å². The Balaban J connectivity index is 1.81. The minimum atomic E-state index is 0.376. The zero-order valence-corrected chi connectivity index (χ0v) is 8.39. The Hall–Kier alpha value is 0.270. The Labute approximate surface area is 80.0 Å². The fourth-order valence-electron chi connectivity index (χ4n) is 1.28. The van der Waals surface area contributed by atoms with E-state index in [1.165, 1.54) is 12.8 Å². The first-order chi connectivity index (χ1) is 5.93. The molecule has 0 aliphatic carbocycles. The van der Waals surface area contributed by atoms with Crippen molar-refractivity contribution in [1.82, 2.24) is 0 Å². The van der Waals surface area contributed by atoms with Gasteiger partial charge in [0.25, 0.3) is 0 Å². The third-order valence-corrected chi connectivity index (χ3v) is 2.36. The normalized spacial score (nSPS) is 23.2. The van der Waals surface area contributed by atoms with Crippen LogP contribution in [0.1, 0.15) is 25.7 Å². The van der Waals surface area contributed by atoms with Gasteiger partial charge in [-0.2, -0.15) is 12.6 Å². The average molecular weight is 190 g/mol. The number of ether oxygens (including phenoxy) is 2. The van der Waals surface area contributed by atoms with Gasteiger partial charge in [0.1, 0.15) is 0 Å². The first kappa shape index (κ1) is 10.4. The van der Waals surface area contributed by atoms with Gasteiger partial charge in [-0.1, -0.05) is 6.42 Å². The van der Waals surface area contributed by atoms with Crippen LogP contribution >= 0.6 is 12.6 Å². The summed E-state index contributed by atoms with van der Waals surface area (Å²) in [5.41, 5.74) is 0. The van der Waals surface area contributed by atoms with Crippen LogP contribution in [0.5, 0.6) is 0 Å². The van der Waals surface area contributed by atoms with E-state index in [-0.39, 0.29) is 0 Å². The van der Waals surface area contributed by atoms with Crippen LogP contribution in [0.2, 0.25) is 0 Å². The highest BCUT2D eigenvalue weighted by molar-refractivity contribution is 7.80. The van der Waals surface area contributed by atoms with Crippen molar-refractivity contribution < 1.29 is 9.47 Å². The zero-order chi connectivity index (χ0) is 8.65. The summed E-state index contributed by atoms with van der Waals surface area (Å²) in [6.07, 6.45) is 5.05. The molecule has 1 saturated heterocycles. The molecule has 0 spiro atoms. The van der Waals surface area contributed by atoms with E-state index in [9.17, 15) is 0 Å². The standard InChI is InChI=1S/C9H18O2S/c12-7-3-1-2-5-11-9-4-6-10-8-9/h9,12H,1-8H2. The maximum absolute atomic E-state index is 5.60. The Morgan fingerprint density at radius 1 is 1.33 bits per heavy atom. The molecule has 0 saturated carbocycles. The van der Waals surface area contributed by atoms with E-state index in [0.717, 1.165) is 38.4 Å². The fourth-order valence-corrected chi connectivity index (χ4v) is 1.51. The molecule has 0 aromatic heterocycles. The Morgan fingerprint density at radius 3 is 2.92 bits per heavy atom. The zero-order valence-electron chi connectivity index (χ0n) is 7.50. The largest absolute Gasteiger partial charge is 0.379 e. The van der Waals surface area contributed by atoms with Gasteiger partial charge in [-0.05, 0) is 25.0 Å². The minimum absolute atomic E-state index is 0.376. The van der Waals surface area contributed by atoms with E-state index in [1.807, 2.05) is 0 Å². The third kappa shape index (κ3) is 4.33. The summed E-state index contributed by atoms with van der Waals surface area (Å²) < 4.78 is 10.8. The van der Waals surface area contributed by atoms with Crippen molar-refractivity contribution in [1.29, 1.82) is 0 Å². The van der Waals surface area contributed by atoms with Gasteiger partial charge in [0.05, 0.1) is 12.7 Å². The van der Waals surface area contributed by atoms with Gasteiger partial charge in [-0.25, -0.2) is 0 Å². The van der Waals surface area contributed by atoms with Crippen LogP contribution in [0.4, 0.5) is 0 Å². The molecule has 0 bridgehead atoms. The molecule has 2 nitrogen and oxygen atoms in total. The molecule has 1 atom stereocenters. The van der Waals surface area contributed by atoms with Crippen molar-refractivity contribution in [2.45, 2.75) is 31.8 Å². The maximum Gasteiger partial charge on any atom is 0.0830 e. The highest BCUT2D eigenvalue weighted by Gasteiger charge is 2.14. The van der Waals surface area contributed by atoms with Crippen molar-refractivity contribution in [3.05, 3.63) is 0 Å². The molecule has 1 rings (SSSR count). The molecular weight excluding hydrogens is 172 g/mol. The van der Waals surface area contributed by atoms with Crippen molar-refractivity contribution in [3.63, 3.8) is 0 Å². The van der Waals surface area contributed by atoms with E-state index in [1.54, 1.807) is 0 Å². The van der Waals surface area contributed by atoms with Gasteiger partial charge in [0, 0.05) is 13.2 Å². The monoisotopic (exact) mass is 190 g/mol. The molecule has 0 aromatic rings. The molecule has 0 aromatic carbocycles. The second-order valence-electron chi connectivity index (χ2n) is 3.14. The fraction of sp³-hybridized carbons (Fsp3) is 1.00. The molecule has 3 heteroatoms. The van der Waals surface area contributed by atoms with E-state index < -0.39 is 0 Å². The lowest BCUT2D eigenvalue weighted by atomic mass is 10.2. The summed E-state index contributed by atoms with van der Waals surface area (Å²) >= 11 is 4.15. The third-order valence-electron chi connectivity index (χ3n) is 2.04. The number of unbranched alkanes of at least 4 members (excludes halogenated alkanes) is 2. The van der Waals surface area contributed by atoms with E-state index in [4.69, 9.17) is 9.47 Å². The number of hydrogen-bond acceptors (Lipinski definition) is 3. The Morgan fingerprint density at radius 2 is 2.25 bits per heavy atom. The van der Waals surface area contributed by atoms with Crippen molar-refractivity contribution >= 4 is 12.6 Å². The van der Waals surface area contributed by atoms with Crippen LogP contribution in [0, 0.1) is 0 Å². The molecule has 0 N–H and O–H groups in total. The first-order valence-electron chi connectivity index (χ1n) is 4.73. The van der Waals surface area contributed by atoms with Gasteiger partial charge in [0.2, 0.25) is 0 Å². The molecule has 1 unspecified atom stereocenters. The molecule has 1 aliphatic rings. The lowest BCUT2D eigenvalue weighted by Gasteiger charge is -2.08. The maximum atomic E-state index is 5.60. The summed E-state index contributed by atoms with van der Waals surface area (Å²) in [6, 6.07) is 0. The number of rotatable bonds is 6. The highest BCUT2D eigenvalue weighted by Crippen LogP contribution is 2.09. The van der Waals surface area contributed by atoms with Crippen molar-refractivity contribution in [2.24, 2.45) is 0 Å². The lowest BCUT2D eigenvalue weighted by Crippen LogP contribution is -2.12. The van der Waals surface area contributed by atoms with Gasteiger partial charge in [-0.15, -0.1) is 0 Å². The smallest absolute Gasteiger partial charge is 0.0830 e. The number of thiol groups is 1. The number of hydrogen-bond donors (Lipinski definition) is 1. The van der Waals surface area contributed by atoms with E-state index >= 15 is 0 Å². The van der Waals surface area contributed by atoms with Crippen molar-refractivity contribution in [3.8, 4) is 0 Å². The summed E-state index contributed by atoms with van der Waals surface area (Å²) in [5.74, 6) is 0.993. The lowest BCUT2D eigenvalue weighted by molar-refractivity contribution is 0.0408. The highest BCUT2D eigenvalue weighted by atomic mass is 32.1. The summed E-state index contributed by atoms with van der Waals surface area (Å²) in [6.45, 7) is 2.57. The quantitative estimate of drug-likeness (QED) is 0.509. The molecule has 1 fully saturated rings. The molecule has 0 amide bonds. The average Bonchev–Trinajstić information content (AvgIpc) is 2.57. The molecule has 72 valence electrons. The Kier molecular flexibility index (Phi) is 5.82. The molecule has 1 heterocycles. The predicted molar refractivity (Wildman–Crippen MR) is 52.9 cm³/mol. The second-order valence-corrected chi connectivity index (χ2v) is 3.59. The van der Waals surface area contributed by atoms with E-state index in [2.05, 4.69) is 12.6 Å².